The minimum absolute atomic E-state index is 0.161. The van der Waals surface area contributed by atoms with Gasteiger partial charge >= 0.3 is 0 Å². The fourth-order valence-corrected chi connectivity index (χ4v) is 3.19. The molecule has 3 heterocycles. The van der Waals surface area contributed by atoms with Crippen molar-refractivity contribution in [3.05, 3.63) is 23.8 Å². The van der Waals surface area contributed by atoms with E-state index in [1.165, 1.54) is 6.33 Å². The number of nitrogens with one attached hydrogen (secondary N) is 1. The monoisotopic (exact) mass is 290 g/mol. The summed E-state index contributed by atoms with van der Waals surface area (Å²) in [6, 6.07) is -0.267. The molecule has 1 fully saturated rings. The average Bonchev–Trinajstić information content (AvgIpc) is 2.97. The number of fused-ring (bicyclic) bond motifs is 1. The van der Waals surface area contributed by atoms with Crippen LogP contribution in [0.25, 0.3) is 0 Å². The molecular formula is C15H22N4O2. The first-order valence-corrected chi connectivity index (χ1v) is 7.59. The van der Waals surface area contributed by atoms with Crippen LogP contribution >= 0.6 is 0 Å². The zero-order valence-electron chi connectivity index (χ0n) is 12.4. The van der Waals surface area contributed by atoms with E-state index in [2.05, 4.69) is 15.3 Å². The van der Waals surface area contributed by atoms with Crippen molar-refractivity contribution in [2.75, 3.05) is 26.8 Å². The molecule has 0 bridgehead atoms. The number of hydrogen-bond acceptors (Lipinski definition) is 5. The molecule has 0 saturated carbocycles. The van der Waals surface area contributed by atoms with Gasteiger partial charge in [-0.2, -0.15) is 0 Å². The van der Waals surface area contributed by atoms with Crippen molar-refractivity contribution in [1.82, 2.24) is 20.2 Å². The van der Waals surface area contributed by atoms with E-state index in [4.69, 9.17) is 4.74 Å². The molecule has 3 rings (SSSR count). The van der Waals surface area contributed by atoms with E-state index in [1.54, 1.807) is 13.3 Å². The number of hydrogen-bond donors (Lipinski definition) is 1. The van der Waals surface area contributed by atoms with E-state index >= 15 is 0 Å². The molecule has 0 spiro atoms. The van der Waals surface area contributed by atoms with E-state index in [9.17, 15) is 4.79 Å². The molecule has 0 aromatic carbocycles. The van der Waals surface area contributed by atoms with Crippen molar-refractivity contribution in [2.24, 2.45) is 5.92 Å². The Kier molecular flexibility index (Phi) is 4.45. The van der Waals surface area contributed by atoms with Crippen molar-refractivity contribution in [3.8, 4) is 0 Å². The number of carbonyl (C=O) groups excluding carboxylic acids is 1. The molecule has 1 N–H and O–H groups in total. The van der Waals surface area contributed by atoms with Gasteiger partial charge in [-0.15, -0.1) is 0 Å². The van der Waals surface area contributed by atoms with Gasteiger partial charge in [0.25, 0.3) is 0 Å². The maximum atomic E-state index is 12.7. The van der Waals surface area contributed by atoms with Gasteiger partial charge < -0.3 is 9.64 Å². The predicted octanol–water partition coefficient (Wildman–Crippen LogP) is 0.896. The van der Waals surface area contributed by atoms with Gasteiger partial charge in [-0.05, 0) is 25.2 Å². The van der Waals surface area contributed by atoms with Crippen molar-refractivity contribution in [1.29, 1.82) is 0 Å². The van der Waals surface area contributed by atoms with E-state index in [-0.39, 0.29) is 11.9 Å². The molecule has 1 unspecified atom stereocenters. The Morgan fingerprint density at radius 3 is 3.05 bits per heavy atom. The van der Waals surface area contributed by atoms with Crippen LogP contribution in [0.5, 0.6) is 0 Å². The highest BCUT2D eigenvalue weighted by Crippen LogP contribution is 2.27. The molecule has 6 heteroatoms. The van der Waals surface area contributed by atoms with Gasteiger partial charge in [0, 0.05) is 45.1 Å². The Bertz CT molecular complexity index is 500. The molecule has 2 aliphatic rings. The first-order valence-electron chi connectivity index (χ1n) is 7.59. The number of methoxy groups -OCH3 is 1. The third kappa shape index (κ3) is 3.06. The predicted molar refractivity (Wildman–Crippen MR) is 77.4 cm³/mol. The summed E-state index contributed by atoms with van der Waals surface area (Å²) in [7, 11) is 1.74. The lowest BCUT2D eigenvalue weighted by atomic mass is 9.93. The van der Waals surface area contributed by atoms with E-state index in [0.29, 0.717) is 12.5 Å². The number of nitrogens with zero attached hydrogens (tertiary/aromatic N) is 3. The number of likely N-dealkylation sites (tertiary alicyclic amines) is 1. The lowest BCUT2D eigenvalue weighted by molar-refractivity contribution is -0.134. The van der Waals surface area contributed by atoms with Gasteiger partial charge in [0.05, 0.1) is 5.69 Å². The van der Waals surface area contributed by atoms with Gasteiger partial charge in [-0.1, -0.05) is 0 Å². The fourth-order valence-electron chi connectivity index (χ4n) is 3.19. The Labute approximate surface area is 124 Å². The smallest absolute Gasteiger partial charge is 0.244 e. The number of carbonyl (C=O) groups is 1. The van der Waals surface area contributed by atoms with E-state index < -0.39 is 0 Å². The SMILES string of the molecule is COCCC1CCN(C(=O)C2NCc3ncncc32)CC1. The summed E-state index contributed by atoms with van der Waals surface area (Å²) < 4.78 is 5.13. The summed E-state index contributed by atoms with van der Waals surface area (Å²) >= 11 is 0. The second-order valence-corrected chi connectivity index (χ2v) is 5.79. The summed E-state index contributed by atoms with van der Waals surface area (Å²) in [4.78, 5) is 22.9. The summed E-state index contributed by atoms with van der Waals surface area (Å²) in [5.41, 5.74) is 1.88. The van der Waals surface area contributed by atoms with Crippen LogP contribution in [-0.4, -0.2) is 47.6 Å². The lowest BCUT2D eigenvalue weighted by Crippen LogP contribution is -2.43. The average molecular weight is 290 g/mol. The molecule has 1 aromatic heterocycles. The van der Waals surface area contributed by atoms with Crippen LogP contribution in [0.4, 0.5) is 0 Å². The van der Waals surface area contributed by atoms with Crippen LogP contribution in [0.15, 0.2) is 12.5 Å². The second kappa shape index (κ2) is 6.49. The molecule has 114 valence electrons. The fraction of sp³-hybridized carbons (Fsp3) is 0.667. The molecule has 2 aliphatic heterocycles. The molecular weight excluding hydrogens is 268 g/mol. The highest BCUT2D eigenvalue weighted by Gasteiger charge is 2.33. The third-order valence-electron chi connectivity index (χ3n) is 4.52. The number of rotatable bonds is 4. The standard InChI is InChI=1S/C15H22N4O2/c1-21-7-4-11-2-5-19(6-3-11)15(20)14-12-8-16-10-18-13(12)9-17-14/h8,10-11,14,17H,2-7,9H2,1H3. The van der Waals surface area contributed by atoms with Gasteiger partial charge in [-0.3, -0.25) is 10.1 Å². The van der Waals surface area contributed by atoms with Gasteiger partial charge in [-0.25, -0.2) is 9.97 Å². The highest BCUT2D eigenvalue weighted by atomic mass is 16.5. The van der Waals surface area contributed by atoms with Crippen LogP contribution in [0, 0.1) is 5.92 Å². The second-order valence-electron chi connectivity index (χ2n) is 5.79. The van der Waals surface area contributed by atoms with Crippen molar-refractivity contribution >= 4 is 5.91 Å². The molecule has 1 amide bonds. The summed E-state index contributed by atoms with van der Waals surface area (Å²) in [6.45, 7) is 3.15. The first kappa shape index (κ1) is 14.4. The Hall–Kier alpha value is -1.53. The molecule has 1 atom stereocenters. The third-order valence-corrected chi connectivity index (χ3v) is 4.52. The molecule has 1 saturated heterocycles. The summed E-state index contributed by atoms with van der Waals surface area (Å²) in [5, 5.41) is 3.25. The van der Waals surface area contributed by atoms with Crippen molar-refractivity contribution in [2.45, 2.75) is 31.8 Å². The highest BCUT2D eigenvalue weighted by molar-refractivity contribution is 5.84. The van der Waals surface area contributed by atoms with Crippen LogP contribution < -0.4 is 5.32 Å². The summed E-state index contributed by atoms with van der Waals surface area (Å²) in [5.74, 6) is 0.842. The summed E-state index contributed by atoms with van der Waals surface area (Å²) in [6.07, 6.45) is 6.53. The maximum Gasteiger partial charge on any atom is 0.244 e. The minimum Gasteiger partial charge on any atom is -0.385 e. The molecule has 6 nitrogen and oxygen atoms in total. The van der Waals surface area contributed by atoms with Crippen molar-refractivity contribution < 1.29 is 9.53 Å². The van der Waals surface area contributed by atoms with Crippen molar-refractivity contribution in [3.63, 3.8) is 0 Å². The lowest BCUT2D eigenvalue weighted by Gasteiger charge is -2.33. The molecule has 0 aliphatic carbocycles. The largest absolute Gasteiger partial charge is 0.385 e. The minimum atomic E-state index is -0.267. The first-order chi connectivity index (χ1) is 10.3. The quantitative estimate of drug-likeness (QED) is 0.892. The maximum absolute atomic E-state index is 12.7. The zero-order valence-corrected chi connectivity index (χ0v) is 12.4. The molecule has 21 heavy (non-hydrogen) atoms. The normalized spacial score (nSPS) is 22.3. The van der Waals surface area contributed by atoms with Gasteiger partial charge in [0.15, 0.2) is 0 Å². The Morgan fingerprint density at radius 2 is 2.29 bits per heavy atom. The number of piperidine rings is 1. The number of ether oxygens (including phenoxy) is 1. The topological polar surface area (TPSA) is 67.3 Å². The Morgan fingerprint density at radius 1 is 1.48 bits per heavy atom. The van der Waals surface area contributed by atoms with E-state index in [1.807, 2.05) is 4.90 Å². The zero-order chi connectivity index (χ0) is 14.7. The molecule has 0 radical (unpaired) electrons. The Balaban J connectivity index is 1.58. The number of aromatic nitrogens is 2. The van der Waals surface area contributed by atoms with Crippen LogP contribution in [0.3, 0.4) is 0 Å². The number of amides is 1. The van der Waals surface area contributed by atoms with Gasteiger partial charge in [0.2, 0.25) is 5.91 Å². The van der Waals surface area contributed by atoms with Crippen LogP contribution in [0.1, 0.15) is 36.6 Å². The van der Waals surface area contributed by atoms with Crippen LogP contribution in [0.2, 0.25) is 0 Å². The van der Waals surface area contributed by atoms with E-state index in [0.717, 1.165) is 50.2 Å². The van der Waals surface area contributed by atoms with Gasteiger partial charge in [0.1, 0.15) is 12.4 Å². The van der Waals surface area contributed by atoms with Crippen LogP contribution in [-0.2, 0) is 16.1 Å². The molecule has 1 aromatic rings.